The number of aromatic carboxylic acids is 1. The second-order valence-electron chi connectivity index (χ2n) is 2.88. The number of carboxylic acids is 1. The van der Waals surface area contributed by atoms with Crippen molar-refractivity contribution in [3.63, 3.8) is 0 Å². The Morgan fingerprint density at radius 1 is 1.47 bits per heavy atom. The molecule has 76 valence electrons. The summed E-state index contributed by atoms with van der Waals surface area (Å²) in [5.74, 6) is -1.14. The number of carbonyl (C=O) groups is 1. The molecular formula is C9H8N4O2. The lowest BCUT2D eigenvalue weighted by Crippen LogP contribution is -2.01. The fourth-order valence-electron chi connectivity index (χ4n) is 1.21. The van der Waals surface area contributed by atoms with Gasteiger partial charge in [0.2, 0.25) is 0 Å². The molecule has 4 N–H and O–H groups in total. The molecule has 0 aromatic carbocycles. The van der Waals surface area contributed by atoms with Gasteiger partial charge in [-0.25, -0.2) is 4.79 Å². The van der Waals surface area contributed by atoms with Crippen LogP contribution in [0.5, 0.6) is 0 Å². The molecule has 0 bridgehead atoms. The Bertz CT molecular complexity index is 492. The largest absolute Gasteiger partial charge is 0.476 e. The highest BCUT2D eigenvalue weighted by Gasteiger charge is 2.17. The first-order valence-corrected chi connectivity index (χ1v) is 4.18. The van der Waals surface area contributed by atoms with E-state index >= 15 is 0 Å². The minimum atomic E-state index is -1.14. The Morgan fingerprint density at radius 2 is 2.27 bits per heavy atom. The van der Waals surface area contributed by atoms with E-state index in [0.29, 0.717) is 11.4 Å². The molecule has 2 heterocycles. The molecular weight excluding hydrogens is 196 g/mol. The van der Waals surface area contributed by atoms with Crippen molar-refractivity contribution in [3.8, 4) is 11.4 Å². The molecule has 6 nitrogen and oxygen atoms in total. The normalized spacial score (nSPS) is 10.1. The minimum Gasteiger partial charge on any atom is -0.476 e. The SMILES string of the molecule is Nc1c(-c2ccccn2)n[nH]c1C(=O)O. The van der Waals surface area contributed by atoms with Crippen molar-refractivity contribution >= 4 is 11.7 Å². The van der Waals surface area contributed by atoms with Gasteiger partial charge in [0.25, 0.3) is 0 Å². The van der Waals surface area contributed by atoms with Gasteiger partial charge in [-0.15, -0.1) is 0 Å². The molecule has 0 amide bonds. The predicted octanol–water partition coefficient (Wildman–Crippen LogP) is 0.752. The molecule has 2 aromatic heterocycles. The van der Waals surface area contributed by atoms with Crippen LogP contribution in [0.25, 0.3) is 11.4 Å². The van der Waals surface area contributed by atoms with Crippen LogP contribution in [-0.2, 0) is 0 Å². The summed E-state index contributed by atoms with van der Waals surface area (Å²) in [4.78, 5) is 14.7. The van der Waals surface area contributed by atoms with Crippen LogP contribution in [0.1, 0.15) is 10.5 Å². The lowest BCUT2D eigenvalue weighted by Gasteiger charge is -1.96. The van der Waals surface area contributed by atoms with Gasteiger partial charge in [0.05, 0.1) is 11.4 Å². The van der Waals surface area contributed by atoms with E-state index in [1.54, 1.807) is 24.4 Å². The first-order chi connectivity index (χ1) is 7.20. The monoisotopic (exact) mass is 204 g/mol. The van der Waals surface area contributed by atoms with Crippen molar-refractivity contribution < 1.29 is 9.90 Å². The summed E-state index contributed by atoms with van der Waals surface area (Å²) in [6.45, 7) is 0. The average Bonchev–Trinajstić information content (AvgIpc) is 2.61. The van der Waals surface area contributed by atoms with Crippen LogP contribution >= 0.6 is 0 Å². The Balaban J connectivity index is 2.52. The van der Waals surface area contributed by atoms with Crippen molar-refractivity contribution in [2.75, 3.05) is 5.73 Å². The molecule has 2 rings (SSSR count). The Labute approximate surface area is 84.8 Å². The fourth-order valence-corrected chi connectivity index (χ4v) is 1.21. The molecule has 0 unspecified atom stereocenters. The smallest absolute Gasteiger partial charge is 0.356 e. The van der Waals surface area contributed by atoms with Crippen molar-refractivity contribution in [2.24, 2.45) is 0 Å². The first kappa shape index (κ1) is 9.20. The molecule has 0 aliphatic carbocycles. The maximum atomic E-state index is 10.7. The zero-order chi connectivity index (χ0) is 10.8. The summed E-state index contributed by atoms with van der Waals surface area (Å²) in [7, 11) is 0. The number of hydrogen-bond donors (Lipinski definition) is 3. The lowest BCUT2D eigenvalue weighted by atomic mass is 10.2. The number of nitrogens with one attached hydrogen (secondary N) is 1. The zero-order valence-corrected chi connectivity index (χ0v) is 7.64. The second-order valence-corrected chi connectivity index (χ2v) is 2.88. The van der Waals surface area contributed by atoms with E-state index in [1.807, 2.05) is 0 Å². The number of nitrogen functional groups attached to an aromatic ring is 1. The summed E-state index contributed by atoms with van der Waals surface area (Å²) in [5.41, 5.74) is 6.50. The zero-order valence-electron chi connectivity index (χ0n) is 7.64. The number of H-pyrrole nitrogens is 1. The van der Waals surface area contributed by atoms with E-state index in [9.17, 15) is 4.79 Å². The van der Waals surface area contributed by atoms with Crippen LogP contribution in [-0.4, -0.2) is 26.3 Å². The van der Waals surface area contributed by atoms with Crippen molar-refractivity contribution in [2.45, 2.75) is 0 Å². The molecule has 0 radical (unpaired) electrons. The number of hydrogen-bond acceptors (Lipinski definition) is 4. The number of pyridine rings is 1. The van der Waals surface area contributed by atoms with E-state index in [2.05, 4.69) is 15.2 Å². The summed E-state index contributed by atoms with van der Waals surface area (Å²) < 4.78 is 0. The molecule has 0 aliphatic heterocycles. The van der Waals surface area contributed by atoms with Crippen LogP contribution in [0.15, 0.2) is 24.4 Å². The highest BCUT2D eigenvalue weighted by atomic mass is 16.4. The highest BCUT2D eigenvalue weighted by molar-refractivity contribution is 5.95. The molecule has 0 saturated heterocycles. The molecule has 0 spiro atoms. The predicted molar refractivity (Wildman–Crippen MR) is 53.2 cm³/mol. The van der Waals surface area contributed by atoms with E-state index in [0.717, 1.165) is 0 Å². The minimum absolute atomic E-state index is 0.0983. The third-order valence-corrected chi connectivity index (χ3v) is 1.93. The van der Waals surface area contributed by atoms with E-state index in [4.69, 9.17) is 10.8 Å². The van der Waals surface area contributed by atoms with Crippen molar-refractivity contribution in [3.05, 3.63) is 30.1 Å². The van der Waals surface area contributed by atoms with E-state index in [1.165, 1.54) is 0 Å². The fraction of sp³-hybridized carbons (Fsp3) is 0. The number of rotatable bonds is 2. The maximum absolute atomic E-state index is 10.7. The first-order valence-electron chi connectivity index (χ1n) is 4.18. The molecule has 0 fully saturated rings. The molecule has 0 saturated carbocycles. The van der Waals surface area contributed by atoms with Gasteiger partial charge < -0.3 is 10.8 Å². The van der Waals surface area contributed by atoms with Crippen LogP contribution in [0.3, 0.4) is 0 Å². The topological polar surface area (TPSA) is 105 Å². The average molecular weight is 204 g/mol. The standard InChI is InChI=1S/C9H8N4O2/c10-6-7(5-3-1-2-4-11-5)12-13-8(6)9(14)15/h1-4H,10H2,(H,12,13)(H,14,15). The van der Waals surface area contributed by atoms with Gasteiger partial charge in [-0.2, -0.15) is 5.10 Å². The van der Waals surface area contributed by atoms with Gasteiger partial charge in [0, 0.05) is 6.20 Å². The van der Waals surface area contributed by atoms with Crippen molar-refractivity contribution in [1.82, 2.24) is 15.2 Å². The maximum Gasteiger partial charge on any atom is 0.356 e. The van der Waals surface area contributed by atoms with Gasteiger partial charge in [-0.05, 0) is 12.1 Å². The van der Waals surface area contributed by atoms with Crippen LogP contribution in [0.4, 0.5) is 5.69 Å². The van der Waals surface area contributed by atoms with Crippen molar-refractivity contribution in [1.29, 1.82) is 0 Å². The van der Waals surface area contributed by atoms with Gasteiger partial charge in [0.1, 0.15) is 5.69 Å². The highest BCUT2D eigenvalue weighted by Crippen LogP contribution is 2.23. The molecule has 0 atom stereocenters. The van der Waals surface area contributed by atoms with Crippen LogP contribution in [0.2, 0.25) is 0 Å². The van der Waals surface area contributed by atoms with E-state index in [-0.39, 0.29) is 11.4 Å². The van der Waals surface area contributed by atoms with Gasteiger partial charge in [-0.1, -0.05) is 6.07 Å². The number of nitrogens with zero attached hydrogens (tertiary/aromatic N) is 2. The summed E-state index contributed by atoms with van der Waals surface area (Å²) in [6.07, 6.45) is 1.59. The Kier molecular flexibility index (Phi) is 2.09. The molecule has 15 heavy (non-hydrogen) atoms. The van der Waals surface area contributed by atoms with Gasteiger partial charge >= 0.3 is 5.97 Å². The Hall–Kier alpha value is -2.37. The third-order valence-electron chi connectivity index (χ3n) is 1.93. The van der Waals surface area contributed by atoms with E-state index < -0.39 is 5.97 Å². The third kappa shape index (κ3) is 1.52. The number of aromatic nitrogens is 3. The Morgan fingerprint density at radius 3 is 2.80 bits per heavy atom. The molecule has 6 heteroatoms. The quantitative estimate of drug-likeness (QED) is 0.669. The number of nitrogens with two attached hydrogens (primary N) is 1. The molecule has 2 aromatic rings. The number of anilines is 1. The number of carboxylic acid groups (broad SMARTS) is 1. The van der Waals surface area contributed by atoms with Gasteiger partial charge in [0.15, 0.2) is 5.69 Å². The lowest BCUT2D eigenvalue weighted by molar-refractivity contribution is 0.0691. The second kappa shape index (κ2) is 3.41. The molecule has 0 aliphatic rings. The van der Waals surface area contributed by atoms with Crippen LogP contribution < -0.4 is 5.73 Å². The summed E-state index contributed by atoms with van der Waals surface area (Å²) in [6, 6.07) is 5.24. The number of aromatic amines is 1. The summed E-state index contributed by atoms with van der Waals surface area (Å²) in [5, 5.41) is 14.9. The van der Waals surface area contributed by atoms with Crippen LogP contribution in [0, 0.1) is 0 Å². The van der Waals surface area contributed by atoms with Gasteiger partial charge in [-0.3, -0.25) is 10.1 Å². The summed E-state index contributed by atoms with van der Waals surface area (Å²) >= 11 is 0.